The number of nitrogens with one attached hydrogen (secondary N) is 2. The lowest BCUT2D eigenvalue weighted by Gasteiger charge is -2.28. The number of halogens is 1. The Morgan fingerprint density at radius 3 is 2.42 bits per heavy atom. The van der Waals surface area contributed by atoms with Crippen LogP contribution in [0.3, 0.4) is 0 Å². The highest BCUT2D eigenvalue weighted by Crippen LogP contribution is 2.22. The van der Waals surface area contributed by atoms with Crippen LogP contribution in [0.5, 0.6) is 11.5 Å². The Morgan fingerprint density at radius 2 is 1.71 bits per heavy atom. The molecule has 1 saturated heterocycles. The van der Waals surface area contributed by atoms with Crippen molar-refractivity contribution in [1.82, 2.24) is 15.6 Å². The fraction of sp³-hybridized carbons (Fsp3) is 0.250. The summed E-state index contributed by atoms with van der Waals surface area (Å²) in [5.74, 6) is 2.17. The van der Waals surface area contributed by atoms with Gasteiger partial charge >= 0.3 is 0 Å². The van der Waals surface area contributed by atoms with Crippen molar-refractivity contribution in [2.75, 3.05) is 37.6 Å². The van der Waals surface area contributed by atoms with E-state index in [0.29, 0.717) is 18.5 Å². The van der Waals surface area contributed by atoms with Crippen molar-refractivity contribution in [3.63, 3.8) is 0 Å². The Kier molecular flexibility index (Phi) is 7.02. The molecule has 2 N–H and O–H groups in total. The van der Waals surface area contributed by atoms with Crippen LogP contribution in [0.25, 0.3) is 0 Å². The fourth-order valence-electron chi connectivity index (χ4n) is 3.43. The van der Waals surface area contributed by atoms with Gasteiger partial charge in [-0.05, 0) is 48.4 Å². The molecule has 4 rings (SSSR count). The van der Waals surface area contributed by atoms with Crippen LogP contribution in [0.1, 0.15) is 15.9 Å². The molecule has 1 aliphatic rings. The number of ether oxygens (including phenoxy) is 1. The third kappa shape index (κ3) is 5.75. The van der Waals surface area contributed by atoms with E-state index in [1.54, 1.807) is 6.07 Å². The van der Waals surface area contributed by atoms with Gasteiger partial charge in [0.15, 0.2) is 0 Å². The van der Waals surface area contributed by atoms with Crippen LogP contribution in [0, 0.1) is 0 Å². The van der Waals surface area contributed by atoms with Crippen molar-refractivity contribution < 1.29 is 9.53 Å². The van der Waals surface area contributed by atoms with Crippen molar-refractivity contribution in [2.45, 2.75) is 6.42 Å². The number of para-hydroxylation sites is 1. The highest BCUT2D eigenvalue weighted by Gasteiger charge is 2.16. The second kappa shape index (κ2) is 10.3. The summed E-state index contributed by atoms with van der Waals surface area (Å²) in [5, 5.41) is 6.46. The summed E-state index contributed by atoms with van der Waals surface area (Å²) in [6, 6.07) is 21.1. The molecular weight excluding hydrogens is 412 g/mol. The van der Waals surface area contributed by atoms with E-state index in [4.69, 9.17) is 16.3 Å². The van der Waals surface area contributed by atoms with E-state index < -0.39 is 0 Å². The normalized spacial score (nSPS) is 13.6. The standard InChI is InChI=1S/C24H25ClN4O2/c25-23-21(10-11-22(28-23)29-16-14-26-15-17-29)24(30)27-13-12-18-6-8-20(9-7-18)31-19-4-2-1-3-5-19/h1-11,26H,12-17H2,(H,27,30). The number of hydrogen-bond donors (Lipinski definition) is 2. The summed E-state index contributed by atoms with van der Waals surface area (Å²) in [6.45, 7) is 4.10. The van der Waals surface area contributed by atoms with Crippen LogP contribution in [-0.2, 0) is 6.42 Å². The predicted octanol–water partition coefficient (Wildman–Crippen LogP) is 3.91. The highest BCUT2D eigenvalue weighted by atomic mass is 35.5. The zero-order chi connectivity index (χ0) is 21.5. The predicted molar refractivity (Wildman–Crippen MR) is 123 cm³/mol. The molecule has 7 heteroatoms. The number of rotatable bonds is 7. The lowest BCUT2D eigenvalue weighted by Crippen LogP contribution is -2.43. The monoisotopic (exact) mass is 436 g/mol. The lowest BCUT2D eigenvalue weighted by molar-refractivity contribution is 0.0954. The van der Waals surface area contributed by atoms with Crippen LogP contribution in [0.15, 0.2) is 66.7 Å². The number of carbonyl (C=O) groups is 1. The van der Waals surface area contributed by atoms with Crippen molar-refractivity contribution in [3.05, 3.63) is 83.0 Å². The van der Waals surface area contributed by atoms with Crippen molar-refractivity contribution in [2.24, 2.45) is 0 Å². The summed E-state index contributed by atoms with van der Waals surface area (Å²) in [6.07, 6.45) is 0.710. The first-order valence-corrected chi connectivity index (χ1v) is 10.8. The topological polar surface area (TPSA) is 66.5 Å². The number of aromatic nitrogens is 1. The molecule has 1 fully saturated rings. The second-order valence-corrected chi connectivity index (χ2v) is 7.67. The average molecular weight is 437 g/mol. The Bertz CT molecular complexity index is 1010. The van der Waals surface area contributed by atoms with E-state index in [9.17, 15) is 4.79 Å². The maximum Gasteiger partial charge on any atom is 0.254 e. The quantitative estimate of drug-likeness (QED) is 0.550. The van der Waals surface area contributed by atoms with Crippen LogP contribution >= 0.6 is 11.6 Å². The molecule has 160 valence electrons. The average Bonchev–Trinajstić information content (AvgIpc) is 2.81. The number of nitrogens with zero attached hydrogens (tertiary/aromatic N) is 2. The van der Waals surface area contributed by atoms with E-state index >= 15 is 0 Å². The first-order chi connectivity index (χ1) is 15.2. The molecule has 0 spiro atoms. The number of amides is 1. The Balaban J connectivity index is 1.28. The van der Waals surface area contributed by atoms with E-state index in [1.807, 2.05) is 60.7 Å². The number of benzene rings is 2. The van der Waals surface area contributed by atoms with Crippen molar-refractivity contribution in [3.8, 4) is 11.5 Å². The molecule has 0 saturated carbocycles. The Labute approximate surface area is 187 Å². The summed E-state index contributed by atoms with van der Waals surface area (Å²) in [7, 11) is 0. The van der Waals surface area contributed by atoms with E-state index in [0.717, 1.165) is 49.1 Å². The van der Waals surface area contributed by atoms with Crippen LogP contribution in [0.2, 0.25) is 5.15 Å². The maximum absolute atomic E-state index is 12.5. The number of pyridine rings is 1. The van der Waals surface area contributed by atoms with Crippen LogP contribution < -0.4 is 20.3 Å². The second-order valence-electron chi connectivity index (χ2n) is 7.31. The molecule has 2 aromatic carbocycles. The smallest absolute Gasteiger partial charge is 0.254 e. The summed E-state index contributed by atoms with van der Waals surface area (Å²) >= 11 is 6.30. The van der Waals surface area contributed by atoms with E-state index in [1.165, 1.54) is 0 Å². The zero-order valence-electron chi connectivity index (χ0n) is 17.2. The largest absolute Gasteiger partial charge is 0.457 e. The number of hydrogen-bond acceptors (Lipinski definition) is 5. The number of carbonyl (C=O) groups excluding carboxylic acids is 1. The minimum Gasteiger partial charge on any atom is -0.457 e. The van der Waals surface area contributed by atoms with E-state index in [2.05, 4.69) is 20.5 Å². The van der Waals surface area contributed by atoms with Crippen molar-refractivity contribution >= 4 is 23.3 Å². The number of piperazine rings is 1. The van der Waals surface area contributed by atoms with Crippen LogP contribution in [0.4, 0.5) is 5.82 Å². The molecule has 2 heterocycles. The molecular formula is C24H25ClN4O2. The Morgan fingerprint density at radius 1 is 1.00 bits per heavy atom. The van der Waals surface area contributed by atoms with Gasteiger partial charge in [0.1, 0.15) is 22.5 Å². The molecule has 0 unspecified atom stereocenters. The molecule has 1 amide bonds. The SMILES string of the molecule is O=C(NCCc1ccc(Oc2ccccc2)cc1)c1ccc(N2CCNCC2)nc1Cl. The molecule has 31 heavy (non-hydrogen) atoms. The highest BCUT2D eigenvalue weighted by molar-refractivity contribution is 6.32. The third-order valence-electron chi connectivity index (χ3n) is 5.12. The van der Waals surface area contributed by atoms with Gasteiger partial charge in [-0.2, -0.15) is 0 Å². The third-order valence-corrected chi connectivity index (χ3v) is 5.41. The zero-order valence-corrected chi connectivity index (χ0v) is 17.9. The first-order valence-electron chi connectivity index (χ1n) is 10.4. The van der Waals surface area contributed by atoms with Crippen molar-refractivity contribution in [1.29, 1.82) is 0 Å². The first kappa shape index (κ1) is 21.2. The van der Waals surface area contributed by atoms with E-state index in [-0.39, 0.29) is 11.1 Å². The summed E-state index contributed by atoms with van der Waals surface area (Å²) in [4.78, 5) is 19.1. The van der Waals surface area contributed by atoms with Gasteiger partial charge in [-0.15, -0.1) is 0 Å². The summed E-state index contributed by atoms with van der Waals surface area (Å²) in [5.41, 5.74) is 1.51. The lowest BCUT2D eigenvalue weighted by atomic mass is 10.1. The van der Waals surface area contributed by atoms with Gasteiger partial charge in [0.2, 0.25) is 0 Å². The molecule has 0 bridgehead atoms. The van der Waals surface area contributed by atoms with Gasteiger partial charge < -0.3 is 20.3 Å². The maximum atomic E-state index is 12.5. The minimum absolute atomic E-state index is 0.214. The van der Waals surface area contributed by atoms with Gasteiger partial charge in [-0.3, -0.25) is 4.79 Å². The van der Waals surface area contributed by atoms with Gasteiger partial charge in [0, 0.05) is 32.7 Å². The number of anilines is 1. The molecule has 0 atom stereocenters. The fourth-order valence-corrected chi connectivity index (χ4v) is 3.66. The molecule has 3 aromatic rings. The molecule has 0 radical (unpaired) electrons. The minimum atomic E-state index is -0.214. The van der Waals surface area contributed by atoms with Gasteiger partial charge in [0.25, 0.3) is 5.91 Å². The van der Waals surface area contributed by atoms with Gasteiger partial charge in [-0.25, -0.2) is 4.98 Å². The molecule has 0 aliphatic carbocycles. The van der Waals surface area contributed by atoms with Gasteiger partial charge in [0.05, 0.1) is 5.56 Å². The molecule has 1 aromatic heterocycles. The van der Waals surface area contributed by atoms with Gasteiger partial charge in [-0.1, -0.05) is 41.9 Å². The molecule has 1 aliphatic heterocycles. The summed E-state index contributed by atoms with van der Waals surface area (Å²) < 4.78 is 5.80. The Hall–Kier alpha value is -3.09. The molecule has 6 nitrogen and oxygen atoms in total. The van der Waals surface area contributed by atoms with Crippen LogP contribution in [-0.4, -0.2) is 43.6 Å².